The van der Waals surface area contributed by atoms with Gasteiger partial charge in [-0.15, -0.1) is 0 Å². The number of halogens is 1. The quantitative estimate of drug-likeness (QED) is 0.792. The van der Waals surface area contributed by atoms with Crippen LogP contribution in [0, 0.1) is 0 Å². The third kappa shape index (κ3) is 4.13. The zero-order valence-corrected chi connectivity index (χ0v) is 13.7. The van der Waals surface area contributed by atoms with Crippen molar-refractivity contribution in [3.8, 4) is 0 Å². The minimum absolute atomic E-state index is 0.0720. The van der Waals surface area contributed by atoms with Gasteiger partial charge in [-0.3, -0.25) is 0 Å². The zero-order chi connectivity index (χ0) is 15.7. The van der Waals surface area contributed by atoms with Crippen molar-refractivity contribution in [2.75, 3.05) is 19.3 Å². The van der Waals surface area contributed by atoms with E-state index in [1.807, 2.05) is 0 Å². The molecule has 0 atom stereocenters. The highest BCUT2D eigenvalue weighted by atomic mass is 35.5. The van der Waals surface area contributed by atoms with Crippen molar-refractivity contribution < 1.29 is 16.8 Å². The van der Waals surface area contributed by atoms with Crippen LogP contribution in [0.3, 0.4) is 0 Å². The molecule has 1 aromatic rings. The van der Waals surface area contributed by atoms with E-state index in [4.69, 9.17) is 11.6 Å². The minimum atomic E-state index is -3.76. The van der Waals surface area contributed by atoms with Crippen molar-refractivity contribution in [2.24, 2.45) is 0 Å². The van der Waals surface area contributed by atoms with Gasteiger partial charge in [0.25, 0.3) is 0 Å². The maximum absolute atomic E-state index is 12.2. The molecule has 0 saturated carbocycles. The molecular weight excluding hydrogens is 338 g/mol. The molecule has 1 saturated heterocycles. The van der Waals surface area contributed by atoms with Gasteiger partial charge in [0, 0.05) is 25.3 Å². The highest BCUT2D eigenvalue weighted by molar-refractivity contribution is 7.89. The Morgan fingerprint density at radius 1 is 1.29 bits per heavy atom. The first-order chi connectivity index (χ1) is 9.70. The van der Waals surface area contributed by atoms with E-state index >= 15 is 0 Å². The Morgan fingerprint density at radius 3 is 2.43 bits per heavy atom. The number of hydrogen-bond acceptors (Lipinski definition) is 5. The van der Waals surface area contributed by atoms with E-state index in [1.54, 1.807) is 0 Å². The fourth-order valence-electron chi connectivity index (χ4n) is 2.16. The fraction of sp³-hybridized carbons (Fsp3) is 0.545. The zero-order valence-electron chi connectivity index (χ0n) is 11.4. The Bertz CT molecular complexity index is 713. The lowest BCUT2D eigenvalue weighted by atomic mass is 10.1. The highest BCUT2D eigenvalue weighted by Crippen LogP contribution is 2.20. The molecule has 0 unspecified atom stereocenters. The predicted octanol–water partition coefficient (Wildman–Crippen LogP) is 0.437. The first-order valence-electron chi connectivity index (χ1n) is 6.28. The normalized spacial score (nSPS) is 18.8. The second kappa shape index (κ2) is 6.17. The van der Waals surface area contributed by atoms with E-state index < -0.39 is 20.0 Å². The predicted molar refractivity (Wildman–Crippen MR) is 79.0 cm³/mol. The number of nitrogens with zero attached hydrogens (tertiary/aromatic N) is 2. The summed E-state index contributed by atoms with van der Waals surface area (Å²) < 4.78 is 51.2. The summed E-state index contributed by atoms with van der Waals surface area (Å²) in [6, 6.07) is 2.56. The van der Waals surface area contributed by atoms with Crippen molar-refractivity contribution in [2.45, 2.75) is 23.8 Å². The molecule has 2 rings (SSSR count). The summed E-state index contributed by atoms with van der Waals surface area (Å²) in [7, 11) is -6.98. The number of sulfonamides is 2. The van der Waals surface area contributed by atoms with Gasteiger partial charge < -0.3 is 0 Å². The summed E-state index contributed by atoms with van der Waals surface area (Å²) in [4.78, 5) is 3.67. The van der Waals surface area contributed by atoms with Gasteiger partial charge in [-0.1, -0.05) is 11.6 Å². The monoisotopic (exact) mass is 353 g/mol. The Hall–Kier alpha value is -0.740. The van der Waals surface area contributed by atoms with E-state index in [9.17, 15) is 16.8 Å². The summed E-state index contributed by atoms with van der Waals surface area (Å²) in [5, 5.41) is -0.0847. The standard InChI is InChI=1S/C11H16ClN3O4S2/c1-20(16,17)15-7-4-9(5-8-15)14-21(18,19)10-3-2-6-13-11(10)12/h2-3,6,9,14H,4-5,7-8H2,1H3. The van der Waals surface area contributed by atoms with Gasteiger partial charge in [-0.05, 0) is 25.0 Å². The topological polar surface area (TPSA) is 96.4 Å². The average molecular weight is 354 g/mol. The van der Waals surface area contributed by atoms with Gasteiger partial charge >= 0.3 is 0 Å². The van der Waals surface area contributed by atoms with Crippen molar-refractivity contribution in [1.82, 2.24) is 14.0 Å². The molecule has 0 bridgehead atoms. The van der Waals surface area contributed by atoms with E-state index in [0.29, 0.717) is 25.9 Å². The largest absolute Gasteiger partial charge is 0.243 e. The number of rotatable bonds is 4. The summed E-state index contributed by atoms with van der Waals surface area (Å²) in [6.07, 6.45) is 3.40. The third-order valence-electron chi connectivity index (χ3n) is 3.26. The van der Waals surface area contributed by atoms with Gasteiger partial charge in [0.05, 0.1) is 6.26 Å². The lowest BCUT2D eigenvalue weighted by Crippen LogP contribution is -2.46. The molecule has 1 fully saturated rings. The van der Waals surface area contributed by atoms with Crippen LogP contribution in [0.25, 0.3) is 0 Å². The van der Waals surface area contributed by atoms with E-state index in [-0.39, 0.29) is 16.1 Å². The molecular formula is C11H16ClN3O4S2. The van der Waals surface area contributed by atoms with Crippen LogP contribution in [0.2, 0.25) is 5.15 Å². The molecule has 2 heterocycles. The SMILES string of the molecule is CS(=O)(=O)N1CCC(NS(=O)(=O)c2cccnc2Cl)CC1. The smallest absolute Gasteiger partial charge is 0.243 e. The Balaban J connectivity index is 2.05. The van der Waals surface area contributed by atoms with Crippen LogP contribution < -0.4 is 4.72 Å². The van der Waals surface area contributed by atoms with E-state index in [2.05, 4.69) is 9.71 Å². The summed E-state index contributed by atoms with van der Waals surface area (Å²) in [5.41, 5.74) is 0. The Labute approximate surface area is 129 Å². The molecule has 1 N–H and O–H groups in total. The number of aromatic nitrogens is 1. The number of piperidine rings is 1. The van der Waals surface area contributed by atoms with Crippen LogP contribution in [-0.2, 0) is 20.0 Å². The molecule has 0 amide bonds. The van der Waals surface area contributed by atoms with Gasteiger partial charge in [-0.2, -0.15) is 0 Å². The Kier molecular flexibility index (Phi) is 4.89. The molecule has 0 aliphatic carbocycles. The lowest BCUT2D eigenvalue weighted by molar-refractivity contribution is 0.310. The van der Waals surface area contributed by atoms with Crippen LogP contribution in [0.1, 0.15) is 12.8 Å². The summed E-state index contributed by atoms with van der Waals surface area (Å²) in [5.74, 6) is 0. The summed E-state index contributed by atoms with van der Waals surface area (Å²) in [6.45, 7) is 0.597. The number of nitrogens with one attached hydrogen (secondary N) is 1. The molecule has 0 radical (unpaired) electrons. The maximum Gasteiger partial charge on any atom is 0.243 e. The highest BCUT2D eigenvalue weighted by Gasteiger charge is 2.29. The van der Waals surface area contributed by atoms with Crippen LogP contribution >= 0.6 is 11.6 Å². The molecule has 1 aliphatic rings. The van der Waals surface area contributed by atoms with Crippen LogP contribution in [0.4, 0.5) is 0 Å². The Morgan fingerprint density at radius 2 is 1.90 bits per heavy atom. The molecule has 1 aliphatic heterocycles. The molecule has 7 nitrogen and oxygen atoms in total. The molecule has 1 aromatic heterocycles. The first-order valence-corrected chi connectivity index (χ1v) is 9.99. The van der Waals surface area contributed by atoms with E-state index in [0.717, 1.165) is 6.26 Å². The molecule has 0 spiro atoms. The van der Waals surface area contributed by atoms with Crippen LogP contribution in [0.15, 0.2) is 23.2 Å². The second-order valence-electron chi connectivity index (χ2n) is 4.85. The maximum atomic E-state index is 12.2. The van der Waals surface area contributed by atoms with Crippen molar-refractivity contribution in [1.29, 1.82) is 0 Å². The summed E-state index contributed by atoms with van der Waals surface area (Å²) >= 11 is 5.79. The first kappa shape index (κ1) is 16.6. The number of hydrogen-bond donors (Lipinski definition) is 1. The second-order valence-corrected chi connectivity index (χ2v) is 8.87. The molecule has 0 aromatic carbocycles. The van der Waals surface area contributed by atoms with Crippen molar-refractivity contribution in [3.05, 3.63) is 23.5 Å². The van der Waals surface area contributed by atoms with Gasteiger partial charge in [0.1, 0.15) is 10.0 Å². The van der Waals surface area contributed by atoms with Crippen molar-refractivity contribution in [3.63, 3.8) is 0 Å². The van der Waals surface area contributed by atoms with E-state index in [1.165, 1.54) is 22.6 Å². The third-order valence-corrected chi connectivity index (χ3v) is 6.53. The fourth-order valence-corrected chi connectivity index (χ4v) is 4.79. The number of pyridine rings is 1. The van der Waals surface area contributed by atoms with Crippen LogP contribution in [-0.4, -0.2) is 51.5 Å². The average Bonchev–Trinajstić information content (AvgIpc) is 2.38. The molecule has 10 heteroatoms. The van der Waals surface area contributed by atoms with Gasteiger partial charge in [0.2, 0.25) is 20.0 Å². The van der Waals surface area contributed by atoms with Gasteiger partial charge in [-0.25, -0.2) is 30.8 Å². The van der Waals surface area contributed by atoms with Gasteiger partial charge in [0.15, 0.2) is 0 Å². The lowest BCUT2D eigenvalue weighted by Gasteiger charge is -2.30. The minimum Gasteiger partial charge on any atom is -0.243 e. The molecule has 21 heavy (non-hydrogen) atoms. The van der Waals surface area contributed by atoms with Crippen molar-refractivity contribution >= 4 is 31.6 Å². The molecule has 118 valence electrons. The van der Waals surface area contributed by atoms with Crippen LogP contribution in [0.5, 0.6) is 0 Å².